The van der Waals surface area contributed by atoms with Crippen LogP contribution in [0.1, 0.15) is 33.4 Å². The van der Waals surface area contributed by atoms with Gasteiger partial charge in [-0.25, -0.2) is 9.55 Å². The number of nitrogen functional groups attached to an aromatic ring is 1. The Bertz CT molecular complexity index is 1340. The van der Waals surface area contributed by atoms with Crippen LogP contribution in [0.15, 0.2) is 36.7 Å². The van der Waals surface area contributed by atoms with Crippen molar-refractivity contribution >= 4 is 36.6 Å². The van der Waals surface area contributed by atoms with Crippen molar-refractivity contribution in [1.82, 2.24) is 24.6 Å². The molecule has 3 aromatic rings. The van der Waals surface area contributed by atoms with Crippen molar-refractivity contribution in [2.45, 2.75) is 45.6 Å². The zero-order valence-electron chi connectivity index (χ0n) is 22.6. The number of nitrogens with zero attached hydrogens (tertiary/aromatic N) is 5. The summed E-state index contributed by atoms with van der Waals surface area (Å²) in [4.78, 5) is 27.0. The maximum absolute atomic E-state index is 13.7. The second-order valence-corrected chi connectivity index (χ2v) is 10.4. The summed E-state index contributed by atoms with van der Waals surface area (Å²) in [7, 11) is -0.428. The van der Waals surface area contributed by atoms with E-state index in [2.05, 4.69) is 26.0 Å². The highest BCUT2D eigenvalue weighted by Crippen LogP contribution is 2.45. The molecule has 0 saturated carbocycles. The molecule has 2 heterocycles. The summed E-state index contributed by atoms with van der Waals surface area (Å²) in [5, 5.41) is 2.63. The predicted octanol–water partition coefficient (Wildman–Crippen LogP) is 3.15. The number of carbonyl (C=O) groups is 1. The molecule has 0 amide bonds. The summed E-state index contributed by atoms with van der Waals surface area (Å²) >= 11 is 0. The molecule has 0 bridgehead atoms. The Morgan fingerprint density at radius 3 is 2.62 bits per heavy atom. The molecule has 0 spiro atoms. The van der Waals surface area contributed by atoms with Gasteiger partial charge in [-0.1, -0.05) is 18.2 Å². The van der Waals surface area contributed by atoms with Crippen LogP contribution in [0.5, 0.6) is 5.75 Å². The second kappa shape index (κ2) is 13.4. The van der Waals surface area contributed by atoms with E-state index in [0.717, 1.165) is 0 Å². The van der Waals surface area contributed by atoms with E-state index in [-0.39, 0.29) is 31.3 Å². The fourth-order valence-corrected chi connectivity index (χ4v) is 5.09. The smallest absolute Gasteiger partial charge is 0.459 e. The summed E-state index contributed by atoms with van der Waals surface area (Å²) in [5.41, 5.74) is 6.94. The number of esters is 1. The van der Waals surface area contributed by atoms with Crippen LogP contribution in [0.25, 0.3) is 11.2 Å². The van der Waals surface area contributed by atoms with Crippen LogP contribution < -0.4 is 20.2 Å². The summed E-state index contributed by atoms with van der Waals surface area (Å²) in [6.07, 6.45) is 5.96. The molecule has 39 heavy (non-hydrogen) atoms. The third kappa shape index (κ3) is 7.91. The quantitative estimate of drug-likeness (QED) is 0.169. The van der Waals surface area contributed by atoms with Gasteiger partial charge < -0.3 is 24.6 Å². The fourth-order valence-electron chi connectivity index (χ4n) is 3.57. The number of hydrogen-bond donors (Lipinski definition) is 2. The number of nitrogens with two attached hydrogens (primary N) is 1. The van der Waals surface area contributed by atoms with Gasteiger partial charge in [0.2, 0.25) is 5.95 Å². The van der Waals surface area contributed by atoms with Crippen LogP contribution in [0.3, 0.4) is 0 Å². The molecule has 0 saturated heterocycles. The minimum absolute atomic E-state index is 0.0875. The molecule has 0 radical (unpaired) electrons. The van der Waals surface area contributed by atoms with Gasteiger partial charge in [0, 0.05) is 20.5 Å². The molecule has 3 N–H and O–H groups in total. The van der Waals surface area contributed by atoms with E-state index in [0.29, 0.717) is 17.0 Å². The molecular weight excluding hydrogens is 525 g/mol. The highest BCUT2D eigenvalue weighted by atomic mass is 31.2. The average Bonchev–Trinajstić information content (AvgIpc) is 3.31. The molecule has 0 fully saturated rings. The highest BCUT2D eigenvalue weighted by Gasteiger charge is 2.33. The molecule has 14 heteroatoms. The number of nitrogens with one attached hydrogen (secondary N) is 1. The number of aromatic nitrogens is 4. The Morgan fingerprint density at radius 1 is 1.26 bits per heavy atom. The Balaban J connectivity index is 1.79. The maximum Gasteiger partial charge on any atom is 0.459 e. The van der Waals surface area contributed by atoms with Crippen LogP contribution in [0.2, 0.25) is 0 Å². The first-order valence-electron chi connectivity index (χ1n) is 12.3. The van der Waals surface area contributed by atoms with Gasteiger partial charge in [0.15, 0.2) is 17.0 Å². The third-order valence-electron chi connectivity index (χ3n) is 5.36. The standard InChI is InChI=1S/C25H34N7O6P/c1-7-12-20(37-18(4)32-16-27-21-22(31(5)6)28-25(26)29-23(21)32)15-36-39(34,30-17(3)24(33)35-8-2)38-19-13-10-9-11-14-19/h1,9-11,13-14,16-18,20H,8,12,15H2,2-6H3,(H,30,34)(H2,26,28,29)/t17-,18-,20+,39+/m1/s1. The molecule has 4 atom stereocenters. The zero-order chi connectivity index (χ0) is 28.6. The number of carbonyl (C=O) groups excluding carboxylic acids is 1. The van der Waals surface area contributed by atoms with E-state index in [1.54, 1.807) is 60.0 Å². The van der Waals surface area contributed by atoms with Gasteiger partial charge in [0.1, 0.15) is 18.0 Å². The van der Waals surface area contributed by atoms with E-state index in [1.807, 2.05) is 14.1 Å². The van der Waals surface area contributed by atoms with Crippen molar-refractivity contribution in [2.24, 2.45) is 0 Å². The Kier molecular flexibility index (Phi) is 10.3. The molecule has 210 valence electrons. The number of fused-ring (bicyclic) bond motifs is 1. The Morgan fingerprint density at radius 2 is 1.97 bits per heavy atom. The van der Waals surface area contributed by atoms with Crippen molar-refractivity contribution in [1.29, 1.82) is 0 Å². The van der Waals surface area contributed by atoms with Crippen LogP contribution in [-0.2, 0) is 23.4 Å². The van der Waals surface area contributed by atoms with Gasteiger partial charge in [0.25, 0.3) is 0 Å². The topological polar surface area (TPSA) is 156 Å². The van der Waals surface area contributed by atoms with Crippen LogP contribution in [0.4, 0.5) is 11.8 Å². The summed E-state index contributed by atoms with van der Waals surface area (Å²) < 4.78 is 38.0. The molecule has 0 unspecified atom stereocenters. The first-order valence-corrected chi connectivity index (χ1v) is 13.8. The lowest BCUT2D eigenvalue weighted by atomic mass is 10.3. The number of ether oxygens (including phenoxy) is 2. The largest absolute Gasteiger partial charge is 0.465 e. The van der Waals surface area contributed by atoms with E-state index in [9.17, 15) is 9.36 Å². The zero-order valence-corrected chi connectivity index (χ0v) is 23.5. The lowest BCUT2D eigenvalue weighted by Gasteiger charge is -2.26. The SMILES string of the molecule is C#CC[C@@H](CO[P@@](=O)(N[C@H](C)C(=O)OCC)Oc1ccccc1)O[C@H](C)n1cnc2c(N(C)C)nc(N)nc21. The number of terminal acetylenes is 1. The van der Waals surface area contributed by atoms with Gasteiger partial charge in [-0.05, 0) is 32.9 Å². The molecule has 1 aromatic carbocycles. The van der Waals surface area contributed by atoms with Crippen LogP contribution in [-0.4, -0.2) is 64.9 Å². The van der Waals surface area contributed by atoms with Crippen molar-refractivity contribution in [3.63, 3.8) is 0 Å². The van der Waals surface area contributed by atoms with E-state index in [1.165, 1.54) is 6.92 Å². The minimum atomic E-state index is -4.08. The van der Waals surface area contributed by atoms with Gasteiger partial charge >= 0.3 is 13.7 Å². The predicted molar refractivity (Wildman–Crippen MR) is 147 cm³/mol. The third-order valence-corrected chi connectivity index (χ3v) is 7.01. The average molecular weight is 560 g/mol. The number of benzene rings is 1. The van der Waals surface area contributed by atoms with Gasteiger partial charge in [-0.3, -0.25) is 13.9 Å². The number of para-hydroxylation sites is 1. The van der Waals surface area contributed by atoms with Gasteiger partial charge in [-0.15, -0.1) is 12.3 Å². The van der Waals surface area contributed by atoms with Crippen molar-refractivity contribution in [3.8, 4) is 18.1 Å². The summed E-state index contributed by atoms with van der Waals surface area (Å²) in [6.45, 7) is 4.91. The molecule has 13 nitrogen and oxygen atoms in total. The highest BCUT2D eigenvalue weighted by molar-refractivity contribution is 7.52. The summed E-state index contributed by atoms with van der Waals surface area (Å²) in [5.74, 6) is 2.87. The van der Waals surface area contributed by atoms with Crippen molar-refractivity contribution < 1.29 is 27.9 Å². The molecule has 2 aromatic heterocycles. The molecule has 0 aliphatic heterocycles. The van der Waals surface area contributed by atoms with Crippen molar-refractivity contribution in [3.05, 3.63) is 36.7 Å². The lowest BCUT2D eigenvalue weighted by Crippen LogP contribution is -2.36. The van der Waals surface area contributed by atoms with E-state index >= 15 is 0 Å². The minimum Gasteiger partial charge on any atom is -0.465 e. The maximum atomic E-state index is 13.7. The lowest BCUT2D eigenvalue weighted by molar-refractivity contribution is -0.144. The molecule has 0 aliphatic rings. The fraction of sp³-hybridized carbons (Fsp3) is 0.440. The van der Waals surface area contributed by atoms with Crippen LogP contribution >= 0.6 is 7.75 Å². The normalized spacial score (nSPS) is 15.1. The molecular formula is C25H34N7O6P. The molecule has 3 rings (SSSR count). The first kappa shape index (κ1) is 29.9. The second-order valence-electron chi connectivity index (χ2n) is 8.69. The molecule has 0 aliphatic carbocycles. The van der Waals surface area contributed by atoms with Crippen molar-refractivity contribution in [2.75, 3.05) is 37.9 Å². The van der Waals surface area contributed by atoms with E-state index < -0.39 is 32.1 Å². The van der Waals surface area contributed by atoms with E-state index in [4.69, 9.17) is 30.7 Å². The number of imidazole rings is 1. The monoisotopic (exact) mass is 559 g/mol. The van der Waals surface area contributed by atoms with Crippen LogP contribution in [0, 0.1) is 12.3 Å². The number of hydrogen-bond acceptors (Lipinski definition) is 11. The Labute approximate surface area is 227 Å². The van der Waals surface area contributed by atoms with Gasteiger partial charge in [0.05, 0.1) is 25.6 Å². The van der Waals surface area contributed by atoms with Gasteiger partial charge in [-0.2, -0.15) is 15.1 Å². The number of anilines is 2. The Hall–Kier alpha value is -3.69. The summed E-state index contributed by atoms with van der Waals surface area (Å²) in [6, 6.07) is 7.47. The number of rotatable bonds is 14. The first-order chi connectivity index (χ1) is 18.6.